The molecule has 0 fully saturated rings. The zero-order valence-corrected chi connectivity index (χ0v) is 12.7. The molecule has 0 aromatic heterocycles. The van der Waals surface area contributed by atoms with E-state index in [2.05, 4.69) is 26.5 Å². The highest BCUT2D eigenvalue weighted by Gasteiger charge is 1.98. The maximum absolute atomic E-state index is 10.5. The lowest BCUT2D eigenvalue weighted by Gasteiger charge is -2.07. The SMILES string of the molecule is NC(=O)N/N=C/c1cccc(OCc2ccc(Br)cc2)c1. The van der Waals surface area contributed by atoms with Crippen LogP contribution in [0.4, 0.5) is 4.79 Å². The molecule has 0 saturated carbocycles. The molecule has 21 heavy (non-hydrogen) atoms. The van der Waals surface area contributed by atoms with Crippen LogP contribution in [0, 0.1) is 0 Å². The van der Waals surface area contributed by atoms with E-state index in [-0.39, 0.29) is 0 Å². The lowest BCUT2D eigenvalue weighted by atomic mass is 10.2. The Morgan fingerprint density at radius 1 is 1.29 bits per heavy atom. The number of carbonyl (C=O) groups excluding carboxylic acids is 1. The molecule has 0 heterocycles. The third-order valence-electron chi connectivity index (χ3n) is 2.57. The van der Waals surface area contributed by atoms with E-state index in [1.807, 2.05) is 48.5 Å². The van der Waals surface area contributed by atoms with Crippen LogP contribution in [0.3, 0.4) is 0 Å². The highest BCUT2D eigenvalue weighted by Crippen LogP contribution is 2.16. The summed E-state index contributed by atoms with van der Waals surface area (Å²) in [6, 6.07) is 14.6. The summed E-state index contributed by atoms with van der Waals surface area (Å²) in [5.41, 5.74) is 8.94. The molecule has 0 aliphatic rings. The second-order valence-electron chi connectivity index (χ2n) is 4.22. The lowest BCUT2D eigenvalue weighted by molar-refractivity contribution is 0.249. The van der Waals surface area contributed by atoms with Gasteiger partial charge in [0.15, 0.2) is 0 Å². The highest BCUT2D eigenvalue weighted by molar-refractivity contribution is 9.10. The van der Waals surface area contributed by atoms with Crippen molar-refractivity contribution in [1.29, 1.82) is 0 Å². The van der Waals surface area contributed by atoms with Crippen molar-refractivity contribution in [2.24, 2.45) is 10.8 Å². The van der Waals surface area contributed by atoms with Gasteiger partial charge in [-0.15, -0.1) is 0 Å². The van der Waals surface area contributed by atoms with Gasteiger partial charge in [0.05, 0.1) is 6.21 Å². The molecule has 0 radical (unpaired) electrons. The number of amides is 2. The van der Waals surface area contributed by atoms with Gasteiger partial charge in [-0.3, -0.25) is 0 Å². The molecule has 0 spiro atoms. The number of ether oxygens (including phenoxy) is 1. The van der Waals surface area contributed by atoms with Gasteiger partial charge in [0.1, 0.15) is 12.4 Å². The normalized spacial score (nSPS) is 10.5. The molecule has 0 atom stereocenters. The second-order valence-corrected chi connectivity index (χ2v) is 5.14. The van der Waals surface area contributed by atoms with Crippen LogP contribution >= 0.6 is 15.9 Å². The van der Waals surface area contributed by atoms with Crippen LogP contribution in [-0.2, 0) is 6.61 Å². The number of halogens is 1. The Kier molecular flexibility index (Phi) is 5.34. The van der Waals surface area contributed by atoms with Crippen molar-refractivity contribution < 1.29 is 9.53 Å². The zero-order valence-electron chi connectivity index (χ0n) is 11.1. The molecule has 2 aromatic rings. The average Bonchev–Trinajstić information content (AvgIpc) is 2.47. The topological polar surface area (TPSA) is 76.7 Å². The van der Waals surface area contributed by atoms with Crippen LogP contribution in [-0.4, -0.2) is 12.2 Å². The molecule has 0 unspecified atom stereocenters. The van der Waals surface area contributed by atoms with E-state index in [1.165, 1.54) is 6.21 Å². The predicted octanol–water partition coefficient (Wildman–Crippen LogP) is 3.03. The number of urea groups is 1. The Morgan fingerprint density at radius 3 is 2.76 bits per heavy atom. The van der Waals surface area contributed by atoms with Crippen LogP contribution in [0.15, 0.2) is 58.1 Å². The third-order valence-corrected chi connectivity index (χ3v) is 3.09. The van der Waals surface area contributed by atoms with E-state index in [1.54, 1.807) is 0 Å². The minimum atomic E-state index is -0.700. The Morgan fingerprint density at radius 2 is 2.05 bits per heavy atom. The van der Waals surface area contributed by atoms with E-state index < -0.39 is 6.03 Å². The van der Waals surface area contributed by atoms with E-state index >= 15 is 0 Å². The largest absolute Gasteiger partial charge is 0.489 e. The number of nitrogens with two attached hydrogens (primary N) is 1. The Bertz CT molecular complexity index is 642. The van der Waals surface area contributed by atoms with Crippen molar-refractivity contribution in [2.45, 2.75) is 6.61 Å². The van der Waals surface area contributed by atoms with Crippen LogP contribution in [0.2, 0.25) is 0 Å². The van der Waals surface area contributed by atoms with Crippen molar-refractivity contribution in [2.75, 3.05) is 0 Å². The van der Waals surface area contributed by atoms with Gasteiger partial charge in [-0.05, 0) is 35.4 Å². The average molecular weight is 348 g/mol. The highest BCUT2D eigenvalue weighted by atomic mass is 79.9. The summed E-state index contributed by atoms with van der Waals surface area (Å²) in [6.07, 6.45) is 1.50. The van der Waals surface area contributed by atoms with Crippen LogP contribution in [0.1, 0.15) is 11.1 Å². The molecule has 2 rings (SSSR count). The van der Waals surface area contributed by atoms with Gasteiger partial charge in [0.2, 0.25) is 0 Å². The number of nitrogens with zero attached hydrogens (tertiary/aromatic N) is 1. The summed E-state index contributed by atoms with van der Waals surface area (Å²) in [6.45, 7) is 0.480. The Hall–Kier alpha value is -2.34. The van der Waals surface area contributed by atoms with Gasteiger partial charge < -0.3 is 10.5 Å². The van der Waals surface area contributed by atoms with E-state index in [9.17, 15) is 4.79 Å². The molecule has 0 bridgehead atoms. The predicted molar refractivity (Wildman–Crippen MR) is 85.2 cm³/mol. The number of hydrogen-bond acceptors (Lipinski definition) is 3. The van der Waals surface area contributed by atoms with Crippen LogP contribution in [0.25, 0.3) is 0 Å². The molecule has 0 aliphatic heterocycles. The van der Waals surface area contributed by atoms with Gasteiger partial charge in [-0.1, -0.05) is 40.2 Å². The molecule has 2 amide bonds. The smallest absolute Gasteiger partial charge is 0.332 e. The van der Waals surface area contributed by atoms with Crippen LogP contribution in [0.5, 0.6) is 5.75 Å². The quantitative estimate of drug-likeness (QED) is 0.644. The number of hydrazone groups is 1. The maximum Gasteiger partial charge on any atom is 0.332 e. The van der Waals surface area contributed by atoms with Crippen molar-refractivity contribution >= 4 is 28.2 Å². The van der Waals surface area contributed by atoms with Gasteiger partial charge >= 0.3 is 6.03 Å². The number of rotatable bonds is 5. The van der Waals surface area contributed by atoms with E-state index in [0.29, 0.717) is 6.61 Å². The first-order valence-electron chi connectivity index (χ1n) is 6.19. The summed E-state index contributed by atoms with van der Waals surface area (Å²) in [4.78, 5) is 10.5. The lowest BCUT2D eigenvalue weighted by Crippen LogP contribution is -2.24. The van der Waals surface area contributed by atoms with Crippen molar-refractivity contribution in [3.05, 3.63) is 64.1 Å². The fraction of sp³-hybridized carbons (Fsp3) is 0.0667. The Balaban J connectivity index is 1.96. The van der Waals surface area contributed by atoms with E-state index in [0.717, 1.165) is 21.3 Å². The molecule has 0 saturated heterocycles. The van der Waals surface area contributed by atoms with Gasteiger partial charge in [-0.2, -0.15) is 5.10 Å². The molecular formula is C15H14BrN3O2. The van der Waals surface area contributed by atoms with Gasteiger partial charge in [-0.25, -0.2) is 10.2 Å². The maximum atomic E-state index is 10.5. The van der Waals surface area contributed by atoms with Crippen LogP contribution < -0.4 is 15.9 Å². The number of nitrogens with one attached hydrogen (secondary N) is 1. The zero-order chi connectivity index (χ0) is 15.1. The summed E-state index contributed by atoms with van der Waals surface area (Å²) in [7, 11) is 0. The molecular weight excluding hydrogens is 334 g/mol. The summed E-state index contributed by atoms with van der Waals surface area (Å²) < 4.78 is 6.74. The van der Waals surface area contributed by atoms with E-state index in [4.69, 9.17) is 10.5 Å². The molecule has 108 valence electrons. The molecule has 3 N–H and O–H groups in total. The van der Waals surface area contributed by atoms with Crippen molar-refractivity contribution in [3.8, 4) is 5.75 Å². The summed E-state index contributed by atoms with van der Waals surface area (Å²) in [5, 5.41) is 3.70. The van der Waals surface area contributed by atoms with Crippen molar-refractivity contribution in [3.63, 3.8) is 0 Å². The first-order chi connectivity index (χ1) is 10.1. The second kappa shape index (κ2) is 7.44. The number of hydrogen-bond donors (Lipinski definition) is 2. The number of primary amides is 1. The first-order valence-corrected chi connectivity index (χ1v) is 6.98. The van der Waals surface area contributed by atoms with Gasteiger partial charge in [0, 0.05) is 4.47 Å². The minimum Gasteiger partial charge on any atom is -0.489 e. The molecule has 2 aromatic carbocycles. The first kappa shape index (κ1) is 15.1. The fourth-order valence-electron chi connectivity index (χ4n) is 1.60. The third kappa shape index (κ3) is 5.27. The monoisotopic (exact) mass is 347 g/mol. The summed E-state index contributed by atoms with van der Waals surface area (Å²) in [5.74, 6) is 0.723. The number of benzene rings is 2. The standard InChI is InChI=1S/C15H14BrN3O2/c16-13-6-4-11(5-7-13)10-21-14-3-1-2-12(8-14)9-18-19-15(17)20/h1-9H,10H2,(H3,17,19,20)/b18-9+. The summed E-state index contributed by atoms with van der Waals surface area (Å²) >= 11 is 3.39. The Labute approximate surface area is 130 Å². The number of carbonyl (C=O) groups is 1. The molecule has 5 nitrogen and oxygen atoms in total. The fourth-order valence-corrected chi connectivity index (χ4v) is 1.87. The minimum absolute atomic E-state index is 0.480. The van der Waals surface area contributed by atoms with Gasteiger partial charge in [0.25, 0.3) is 0 Å². The van der Waals surface area contributed by atoms with Crippen molar-refractivity contribution in [1.82, 2.24) is 5.43 Å². The molecule has 6 heteroatoms. The molecule has 0 aliphatic carbocycles.